The molecule has 5 nitrogen and oxygen atoms in total. The molecule has 1 aliphatic heterocycles. The predicted octanol–water partition coefficient (Wildman–Crippen LogP) is 4.49. The van der Waals surface area contributed by atoms with Crippen LogP contribution in [0.1, 0.15) is 43.4 Å². The lowest BCUT2D eigenvalue weighted by atomic mass is 10.1. The van der Waals surface area contributed by atoms with Crippen LogP contribution in [0.4, 0.5) is 4.79 Å². The summed E-state index contributed by atoms with van der Waals surface area (Å²) in [5.41, 5.74) is 3.45. The third-order valence-electron chi connectivity index (χ3n) is 5.33. The van der Waals surface area contributed by atoms with Crippen molar-refractivity contribution in [2.45, 2.75) is 52.7 Å². The summed E-state index contributed by atoms with van der Waals surface area (Å²) in [6.07, 6.45) is 2.30. The smallest absolute Gasteiger partial charge is 0.318 e. The third kappa shape index (κ3) is 7.06. The minimum Gasteiger partial charge on any atom is -0.493 e. The largest absolute Gasteiger partial charge is 0.493 e. The molecule has 2 N–H and O–H groups in total. The molecule has 0 radical (unpaired) electrons. The average Bonchev–Trinajstić information content (AvgIpc) is 3.25. The first-order valence-electron chi connectivity index (χ1n) is 11.0. The number of urea groups is 1. The van der Waals surface area contributed by atoms with Crippen molar-refractivity contribution in [3.8, 4) is 5.75 Å². The van der Waals surface area contributed by atoms with Crippen molar-refractivity contribution in [3.63, 3.8) is 0 Å². The summed E-state index contributed by atoms with van der Waals surface area (Å²) in [4.78, 5) is 14.9. The van der Waals surface area contributed by atoms with Gasteiger partial charge in [0.05, 0.1) is 6.61 Å². The molecule has 2 aromatic carbocycles. The highest BCUT2D eigenvalue weighted by atomic mass is 16.5. The van der Waals surface area contributed by atoms with Gasteiger partial charge < -0.3 is 20.3 Å². The van der Waals surface area contributed by atoms with E-state index in [0.717, 1.165) is 36.4 Å². The van der Waals surface area contributed by atoms with E-state index in [9.17, 15) is 4.79 Å². The van der Waals surface area contributed by atoms with E-state index < -0.39 is 0 Å². The molecule has 1 aliphatic rings. The second kappa shape index (κ2) is 11.0. The molecule has 1 unspecified atom stereocenters. The number of carbonyl (C=O) groups is 1. The van der Waals surface area contributed by atoms with E-state index in [-0.39, 0.29) is 6.03 Å². The van der Waals surface area contributed by atoms with Gasteiger partial charge in [-0.1, -0.05) is 55.8 Å². The Hall–Kier alpha value is -2.53. The fourth-order valence-corrected chi connectivity index (χ4v) is 3.57. The van der Waals surface area contributed by atoms with Gasteiger partial charge in [-0.05, 0) is 55.5 Å². The van der Waals surface area contributed by atoms with Crippen LogP contribution >= 0.6 is 0 Å². The Bertz CT molecular complexity index is 781. The average molecular weight is 410 g/mol. The predicted molar refractivity (Wildman–Crippen MR) is 122 cm³/mol. The van der Waals surface area contributed by atoms with E-state index in [1.165, 1.54) is 12.0 Å². The Morgan fingerprint density at radius 2 is 1.83 bits per heavy atom. The molecule has 0 aromatic heterocycles. The molecule has 3 rings (SSSR count). The molecule has 0 aliphatic carbocycles. The van der Waals surface area contributed by atoms with Gasteiger partial charge in [0.25, 0.3) is 0 Å². The normalized spacial score (nSPS) is 15.9. The maximum atomic E-state index is 13.0. The Morgan fingerprint density at radius 1 is 1.13 bits per heavy atom. The number of aryl methyl sites for hydroxylation is 1. The van der Waals surface area contributed by atoms with Crippen molar-refractivity contribution in [3.05, 3.63) is 65.2 Å². The molecule has 0 bridgehead atoms. The molecule has 162 valence electrons. The molecule has 1 atom stereocenters. The fourth-order valence-electron chi connectivity index (χ4n) is 3.57. The number of rotatable bonds is 9. The number of carbonyl (C=O) groups excluding carboxylic acids is 1. The van der Waals surface area contributed by atoms with Crippen LogP contribution in [-0.4, -0.2) is 36.7 Å². The van der Waals surface area contributed by atoms with Crippen LogP contribution in [0.25, 0.3) is 0 Å². The van der Waals surface area contributed by atoms with Crippen LogP contribution in [0.2, 0.25) is 0 Å². The SMILES string of the molecule is Cc1ccc(CN(CC2CCCN2)C(=O)NCc2ccc(OCC(C)C)cc2)cc1. The summed E-state index contributed by atoms with van der Waals surface area (Å²) in [6.45, 7) is 9.94. The standard InChI is InChI=1S/C25H35N3O2/c1-19(2)18-30-24-12-10-21(11-13-24)15-27-25(29)28(17-23-5-4-14-26-23)16-22-8-6-20(3)7-9-22/h6-13,19,23,26H,4-5,14-18H2,1-3H3,(H,27,29). The van der Waals surface area contributed by atoms with Gasteiger partial charge in [0.2, 0.25) is 0 Å². The van der Waals surface area contributed by atoms with Crippen molar-refractivity contribution in [1.82, 2.24) is 15.5 Å². The molecule has 5 heteroatoms. The summed E-state index contributed by atoms with van der Waals surface area (Å²) in [6, 6.07) is 16.7. The minimum atomic E-state index is -0.0237. The lowest BCUT2D eigenvalue weighted by Crippen LogP contribution is -2.45. The second-order valence-electron chi connectivity index (χ2n) is 8.67. The number of hydrogen-bond acceptors (Lipinski definition) is 3. The van der Waals surface area contributed by atoms with E-state index in [4.69, 9.17) is 4.74 Å². The summed E-state index contributed by atoms with van der Waals surface area (Å²) >= 11 is 0. The first kappa shape index (κ1) is 22.2. The number of nitrogens with zero attached hydrogens (tertiary/aromatic N) is 1. The lowest BCUT2D eigenvalue weighted by molar-refractivity contribution is 0.189. The lowest BCUT2D eigenvalue weighted by Gasteiger charge is -2.26. The van der Waals surface area contributed by atoms with Gasteiger partial charge in [0.15, 0.2) is 0 Å². The molecular formula is C25H35N3O2. The molecule has 30 heavy (non-hydrogen) atoms. The van der Waals surface area contributed by atoms with Gasteiger partial charge in [-0.15, -0.1) is 0 Å². The van der Waals surface area contributed by atoms with Crippen LogP contribution in [0.3, 0.4) is 0 Å². The van der Waals surface area contributed by atoms with Gasteiger partial charge >= 0.3 is 6.03 Å². The molecule has 0 spiro atoms. The zero-order valence-corrected chi connectivity index (χ0v) is 18.5. The third-order valence-corrected chi connectivity index (χ3v) is 5.33. The number of hydrogen-bond donors (Lipinski definition) is 2. The Morgan fingerprint density at radius 3 is 2.47 bits per heavy atom. The maximum Gasteiger partial charge on any atom is 0.318 e. The topological polar surface area (TPSA) is 53.6 Å². The van der Waals surface area contributed by atoms with Gasteiger partial charge in [-0.2, -0.15) is 0 Å². The molecular weight excluding hydrogens is 374 g/mol. The van der Waals surface area contributed by atoms with Crippen molar-refractivity contribution < 1.29 is 9.53 Å². The van der Waals surface area contributed by atoms with E-state index in [0.29, 0.717) is 31.7 Å². The van der Waals surface area contributed by atoms with Crippen molar-refractivity contribution in [2.24, 2.45) is 5.92 Å². The van der Waals surface area contributed by atoms with Gasteiger partial charge in [-0.3, -0.25) is 0 Å². The molecule has 1 saturated heterocycles. The molecule has 2 aromatic rings. The highest BCUT2D eigenvalue weighted by Gasteiger charge is 2.21. The summed E-state index contributed by atoms with van der Waals surface area (Å²) < 4.78 is 5.73. The van der Waals surface area contributed by atoms with Gasteiger partial charge in [0, 0.05) is 25.7 Å². The maximum absolute atomic E-state index is 13.0. The quantitative estimate of drug-likeness (QED) is 0.641. The summed E-state index contributed by atoms with van der Waals surface area (Å²) in [5, 5.41) is 6.59. The van der Waals surface area contributed by atoms with Gasteiger partial charge in [-0.25, -0.2) is 4.79 Å². The number of amides is 2. The molecule has 1 heterocycles. The number of benzene rings is 2. The Balaban J connectivity index is 1.57. The van der Waals surface area contributed by atoms with E-state index in [1.54, 1.807) is 0 Å². The highest BCUT2D eigenvalue weighted by Crippen LogP contribution is 2.15. The van der Waals surface area contributed by atoms with Crippen molar-refractivity contribution in [2.75, 3.05) is 19.7 Å². The summed E-state index contributed by atoms with van der Waals surface area (Å²) in [5.74, 6) is 1.37. The summed E-state index contributed by atoms with van der Waals surface area (Å²) in [7, 11) is 0. The van der Waals surface area contributed by atoms with Gasteiger partial charge in [0.1, 0.15) is 5.75 Å². The molecule has 1 fully saturated rings. The van der Waals surface area contributed by atoms with Crippen LogP contribution in [-0.2, 0) is 13.1 Å². The monoisotopic (exact) mass is 409 g/mol. The Labute approximate surface area is 180 Å². The molecule has 2 amide bonds. The second-order valence-corrected chi connectivity index (χ2v) is 8.67. The van der Waals surface area contributed by atoms with Crippen molar-refractivity contribution >= 4 is 6.03 Å². The zero-order valence-electron chi connectivity index (χ0n) is 18.5. The number of nitrogens with one attached hydrogen (secondary N) is 2. The van der Waals surface area contributed by atoms with Crippen LogP contribution in [0.5, 0.6) is 5.75 Å². The minimum absolute atomic E-state index is 0.0237. The van der Waals surface area contributed by atoms with E-state index in [2.05, 4.69) is 55.7 Å². The number of ether oxygens (including phenoxy) is 1. The van der Waals surface area contributed by atoms with Crippen LogP contribution < -0.4 is 15.4 Å². The Kier molecular flexibility index (Phi) is 8.14. The zero-order chi connectivity index (χ0) is 21.3. The fraction of sp³-hybridized carbons (Fsp3) is 0.480. The van der Waals surface area contributed by atoms with Crippen LogP contribution in [0, 0.1) is 12.8 Å². The van der Waals surface area contributed by atoms with Crippen molar-refractivity contribution in [1.29, 1.82) is 0 Å². The van der Waals surface area contributed by atoms with Crippen LogP contribution in [0.15, 0.2) is 48.5 Å². The first-order chi connectivity index (χ1) is 14.5. The molecule has 0 saturated carbocycles. The van der Waals surface area contributed by atoms with E-state index >= 15 is 0 Å². The van der Waals surface area contributed by atoms with E-state index in [1.807, 2.05) is 29.2 Å². The first-order valence-corrected chi connectivity index (χ1v) is 11.0. The highest BCUT2D eigenvalue weighted by molar-refractivity contribution is 5.74.